The lowest BCUT2D eigenvalue weighted by Gasteiger charge is -2.04. The van der Waals surface area contributed by atoms with E-state index < -0.39 is 5.97 Å². The van der Waals surface area contributed by atoms with Crippen LogP contribution in [0.2, 0.25) is 0 Å². The highest BCUT2D eigenvalue weighted by Crippen LogP contribution is 2.06. The number of esters is 1. The lowest BCUT2D eigenvalue weighted by Crippen LogP contribution is -2.13. The maximum absolute atomic E-state index is 11.7. The summed E-state index contributed by atoms with van der Waals surface area (Å²) in [6.45, 7) is 3.22. The van der Waals surface area contributed by atoms with Gasteiger partial charge in [0, 0.05) is 6.61 Å². The van der Waals surface area contributed by atoms with Crippen LogP contribution in [0, 0.1) is 11.3 Å². The molecule has 1 rings (SSSR count). The van der Waals surface area contributed by atoms with Gasteiger partial charge in [0.05, 0.1) is 18.2 Å². The second-order valence-corrected chi connectivity index (χ2v) is 4.90. The van der Waals surface area contributed by atoms with Gasteiger partial charge in [0.15, 0.2) is 5.78 Å². The minimum atomic E-state index is -0.565. The summed E-state index contributed by atoms with van der Waals surface area (Å²) >= 11 is 0. The molecule has 0 bridgehead atoms. The number of nitriles is 1. The molecule has 0 aliphatic rings. The van der Waals surface area contributed by atoms with Gasteiger partial charge in [-0.2, -0.15) is 5.26 Å². The van der Waals surface area contributed by atoms with Crippen LogP contribution < -0.4 is 0 Å². The van der Waals surface area contributed by atoms with E-state index in [1.807, 2.05) is 6.07 Å². The summed E-state index contributed by atoms with van der Waals surface area (Å²) in [6, 6.07) is 8.87. The van der Waals surface area contributed by atoms with E-state index in [0.717, 1.165) is 18.4 Å². The van der Waals surface area contributed by atoms with Gasteiger partial charge in [0.1, 0.15) is 13.0 Å². The third-order valence-corrected chi connectivity index (χ3v) is 2.93. The summed E-state index contributed by atoms with van der Waals surface area (Å²) in [7, 11) is 0. The Kier molecular flexibility index (Phi) is 9.03. The van der Waals surface area contributed by atoms with Crippen molar-refractivity contribution >= 4 is 17.8 Å². The van der Waals surface area contributed by atoms with E-state index >= 15 is 0 Å². The molecule has 1 aromatic carbocycles. The normalized spacial score (nSPS) is 10.4. The molecule has 0 amide bonds. The van der Waals surface area contributed by atoms with E-state index in [-0.39, 0.29) is 18.8 Å². The van der Waals surface area contributed by atoms with E-state index in [4.69, 9.17) is 14.7 Å². The first-order chi connectivity index (χ1) is 11.2. The lowest BCUT2D eigenvalue weighted by atomic mass is 10.1. The molecule has 23 heavy (non-hydrogen) atoms. The minimum absolute atomic E-state index is 0.157. The Hall–Kier alpha value is -2.45. The van der Waals surface area contributed by atoms with Crippen LogP contribution in [0.1, 0.15) is 37.3 Å². The maximum atomic E-state index is 11.7. The van der Waals surface area contributed by atoms with E-state index in [9.17, 15) is 9.59 Å². The summed E-state index contributed by atoms with van der Waals surface area (Å²) < 4.78 is 10.2. The highest BCUT2D eigenvalue weighted by atomic mass is 16.6. The van der Waals surface area contributed by atoms with Gasteiger partial charge in [-0.1, -0.05) is 31.6 Å². The Bertz CT molecular complexity index is 587. The van der Waals surface area contributed by atoms with Gasteiger partial charge >= 0.3 is 5.97 Å². The van der Waals surface area contributed by atoms with Crippen molar-refractivity contribution in [2.24, 2.45) is 0 Å². The van der Waals surface area contributed by atoms with Gasteiger partial charge in [-0.05, 0) is 30.2 Å². The van der Waals surface area contributed by atoms with Crippen molar-refractivity contribution in [2.75, 3.05) is 19.8 Å². The quantitative estimate of drug-likeness (QED) is 0.287. The smallest absolute Gasteiger partial charge is 0.313 e. The zero-order valence-corrected chi connectivity index (χ0v) is 13.3. The van der Waals surface area contributed by atoms with Crippen molar-refractivity contribution in [1.29, 1.82) is 5.26 Å². The van der Waals surface area contributed by atoms with Crippen molar-refractivity contribution in [2.45, 2.75) is 26.2 Å². The van der Waals surface area contributed by atoms with Gasteiger partial charge in [-0.3, -0.25) is 9.59 Å². The fraction of sp³-hybridized carbons (Fsp3) is 0.389. The van der Waals surface area contributed by atoms with Gasteiger partial charge in [0.25, 0.3) is 0 Å². The second-order valence-electron chi connectivity index (χ2n) is 4.90. The molecule has 1 aromatic rings. The molecule has 0 unspecified atom stereocenters. The van der Waals surface area contributed by atoms with Crippen LogP contribution in [0.3, 0.4) is 0 Å². The number of allylic oxidation sites excluding steroid dienone is 1. The van der Waals surface area contributed by atoms with Crippen LogP contribution in [-0.2, 0) is 19.1 Å². The highest BCUT2D eigenvalue weighted by Gasteiger charge is 2.08. The first-order valence-electron chi connectivity index (χ1n) is 7.60. The summed E-state index contributed by atoms with van der Waals surface area (Å²) in [5, 5.41) is 8.80. The Morgan fingerprint density at radius 2 is 2.09 bits per heavy atom. The lowest BCUT2D eigenvalue weighted by molar-refractivity contribution is -0.146. The van der Waals surface area contributed by atoms with E-state index in [1.54, 1.807) is 30.3 Å². The molecule has 0 saturated carbocycles. The molecule has 0 aliphatic heterocycles. The molecule has 0 N–H and O–H groups in total. The minimum Gasteiger partial charge on any atom is -0.463 e. The van der Waals surface area contributed by atoms with Crippen molar-refractivity contribution in [3.63, 3.8) is 0 Å². The Morgan fingerprint density at radius 3 is 2.83 bits per heavy atom. The SMILES string of the molecule is CCCCOCCOC(=O)CC(=O)C=Cc1cccc(C#N)c1. The van der Waals surface area contributed by atoms with E-state index in [2.05, 4.69) is 6.92 Å². The average molecular weight is 315 g/mol. The first kappa shape index (κ1) is 18.6. The molecular weight excluding hydrogens is 294 g/mol. The van der Waals surface area contributed by atoms with Gasteiger partial charge < -0.3 is 9.47 Å². The Morgan fingerprint density at radius 1 is 1.26 bits per heavy atom. The summed E-state index contributed by atoms with van der Waals surface area (Å²) in [5.74, 6) is -0.909. The molecule has 0 saturated heterocycles. The van der Waals surface area contributed by atoms with Crippen molar-refractivity contribution < 1.29 is 19.1 Å². The zero-order chi connectivity index (χ0) is 16.9. The molecular formula is C18H21NO4. The number of rotatable bonds is 10. The monoisotopic (exact) mass is 315 g/mol. The van der Waals surface area contributed by atoms with E-state index in [0.29, 0.717) is 18.8 Å². The third-order valence-electron chi connectivity index (χ3n) is 2.93. The molecule has 0 aromatic heterocycles. The van der Waals surface area contributed by atoms with Crippen molar-refractivity contribution in [3.8, 4) is 6.07 Å². The molecule has 5 heteroatoms. The van der Waals surface area contributed by atoms with Crippen molar-refractivity contribution in [3.05, 3.63) is 41.5 Å². The molecule has 0 atom stereocenters. The summed E-state index contributed by atoms with van der Waals surface area (Å²) in [6.07, 6.45) is 4.62. The molecule has 0 fully saturated rings. The van der Waals surface area contributed by atoms with Gasteiger partial charge in [-0.15, -0.1) is 0 Å². The molecule has 5 nitrogen and oxygen atoms in total. The summed E-state index contributed by atoms with van der Waals surface area (Å²) in [5.41, 5.74) is 1.25. The number of unbranched alkanes of at least 4 members (excludes halogenated alkanes) is 1. The number of carbonyl (C=O) groups is 2. The standard InChI is InChI=1S/C18H21NO4/c1-2-3-9-22-10-11-23-18(21)13-17(20)8-7-15-5-4-6-16(12-15)14-19/h4-8,12H,2-3,9-11,13H2,1H3. The molecule has 0 heterocycles. The number of carbonyl (C=O) groups excluding carboxylic acids is 2. The third kappa shape index (κ3) is 8.54. The van der Waals surface area contributed by atoms with Crippen molar-refractivity contribution in [1.82, 2.24) is 0 Å². The Balaban J connectivity index is 2.28. The zero-order valence-electron chi connectivity index (χ0n) is 13.3. The first-order valence-corrected chi connectivity index (χ1v) is 7.60. The maximum Gasteiger partial charge on any atom is 0.313 e. The number of ketones is 1. The predicted molar refractivity (Wildman–Crippen MR) is 86.5 cm³/mol. The van der Waals surface area contributed by atoms with Crippen LogP contribution in [-0.4, -0.2) is 31.6 Å². The number of ether oxygens (including phenoxy) is 2. The number of hydrogen-bond acceptors (Lipinski definition) is 5. The predicted octanol–water partition coefficient (Wildman–Crippen LogP) is 2.89. The summed E-state index contributed by atoms with van der Waals surface area (Å²) in [4.78, 5) is 23.1. The van der Waals surface area contributed by atoms with Crippen LogP contribution in [0.25, 0.3) is 6.08 Å². The average Bonchev–Trinajstić information content (AvgIpc) is 2.56. The van der Waals surface area contributed by atoms with E-state index in [1.165, 1.54) is 6.08 Å². The highest BCUT2D eigenvalue weighted by molar-refractivity contribution is 6.03. The van der Waals surface area contributed by atoms with Gasteiger partial charge in [0.2, 0.25) is 0 Å². The molecule has 0 aliphatic carbocycles. The number of benzene rings is 1. The van der Waals surface area contributed by atoms with Crippen LogP contribution in [0.5, 0.6) is 0 Å². The van der Waals surface area contributed by atoms with Gasteiger partial charge in [-0.25, -0.2) is 0 Å². The molecule has 0 radical (unpaired) electrons. The largest absolute Gasteiger partial charge is 0.463 e. The second kappa shape index (κ2) is 11.2. The number of hydrogen-bond donors (Lipinski definition) is 0. The topological polar surface area (TPSA) is 76.4 Å². The van der Waals surface area contributed by atoms with Crippen LogP contribution in [0.4, 0.5) is 0 Å². The fourth-order valence-corrected chi connectivity index (χ4v) is 1.72. The molecule has 122 valence electrons. The number of nitrogens with zero attached hydrogens (tertiary/aromatic N) is 1. The van der Waals surface area contributed by atoms with Crippen LogP contribution in [0.15, 0.2) is 30.3 Å². The van der Waals surface area contributed by atoms with Crippen LogP contribution >= 0.6 is 0 Å². The molecule has 0 spiro atoms. The fourth-order valence-electron chi connectivity index (χ4n) is 1.72. The Labute approximate surface area is 136 Å².